The smallest absolute Gasteiger partial charge is 0.126 e. The highest BCUT2D eigenvalue weighted by Crippen LogP contribution is 2.20. The molecule has 68 valence electrons. The van der Waals surface area contributed by atoms with Gasteiger partial charge in [0, 0.05) is 5.57 Å². The van der Waals surface area contributed by atoms with Crippen LogP contribution in [0.5, 0.6) is 0 Å². The molecule has 0 aromatic heterocycles. The molecule has 0 spiro atoms. The fourth-order valence-corrected chi connectivity index (χ4v) is 1.81. The van der Waals surface area contributed by atoms with E-state index in [1.165, 1.54) is 16.0 Å². The lowest BCUT2D eigenvalue weighted by atomic mass is 10.2. The van der Waals surface area contributed by atoms with Crippen LogP contribution in [0, 0.1) is 0 Å². The molecule has 0 amide bonds. The van der Waals surface area contributed by atoms with Crippen LogP contribution in [-0.4, -0.2) is 6.61 Å². The number of benzene rings is 1. The maximum Gasteiger partial charge on any atom is 0.126 e. The second-order valence-electron chi connectivity index (χ2n) is 3.44. The molecule has 1 nitrogen and oxygen atoms in total. The van der Waals surface area contributed by atoms with Crippen molar-refractivity contribution < 1.29 is 4.74 Å². The van der Waals surface area contributed by atoms with Gasteiger partial charge in [-0.2, -0.15) is 0 Å². The third-order valence-corrected chi connectivity index (χ3v) is 2.55. The van der Waals surface area contributed by atoms with E-state index in [-0.39, 0.29) is 0 Å². The molecule has 2 aliphatic rings. The first kappa shape index (κ1) is 7.63. The van der Waals surface area contributed by atoms with Gasteiger partial charge in [-0.05, 0) is 28.7 Å². The van der Waals surface area contributed by atoms with Gasteiger partial charge in [0.25, 0.3) is 0 Å². The standard InChI is InChI=1S/C13H10O/c1-2-4-11-9-12-7-8-14-13(12)6-5-10(11)3-1/h1-7,9H,8H2. The van der Waals surface area contributed by atoms with Crippen LogP contribution in [0.4, 0.5) is 0 Å². The average Bonchev–Trinajstić information content (AvgIpc) is 2.58. The zero-order valence-electron chi connectivity index (χ0n) is 7.73. The fourth-order valence-electron chi connectivity index (χ4n) is 1.81. The Bertz CT molecular complexity index is 547. The van der Waals surface area contributed by atoms with E-state index in [9.17, 15) is 0 Å². The van der Waals surface area contributed by atoms with Gasteiger partial charge in [0.1, 0.15) is 12.4 Å². The first-order valence-corrected chi connectivity index (χ1v) is 4.76. The van der Waals surface area contributed by atoms with Gasteiger partial charge in [-0.1, -0.05) is 30.3 Å². The molecular formula is C13H10O. The summed E-state index contributed by atoms with van der Waals surface area (Å²) in [6.07, 6.45) is 8.44. The van der Waals surface area contributed by atoms with Gasteiger partial charge in [-0.3, -0.25) is 0 Å². The molecular weight excluding hydrogens is 172 g/mol. The average molecular weight is 182 g/mol. The summed E-state index contributed by atoms with van der Waals surface area (Å²) in [5.41, 5.74) is 1.20. The molecule has 1 aromatic rings. The fraction of sp³-hybridized carbons (Fsp3) is 0.0769. The topological polar surface area (TPSA) is 9.23 Å². The molecule has 1 heterocycles. The molecule has 1 aliphatic carbocycles. The molecule has 0 saturated carbocycles. The molecule has 0 unspecified atom stereocenters. The van der Waals surface area contributed by atoms with Crippen molar-refractivity contribution in [1.29, 1.82) is 0 Å². The van der Waals surface area contributed by atoms with E-state index in [1.807, 2.05) is 6.08 Å². The third-order valence-electron chi connectivity index (χ3n) is 2.55. The lowest BCUT2D eigenvalue weighted by Crippen LogP contribution is -2.22. The summed E-state index contributed by atoms with van der Waals surface area (Å²) in [5, 5.41) is 2.51. The van der Waals surface area contributed by atoms with Crippen LogP contribution in [0.2, 0.25) is 0 Å². The molecule has 3 rings (SSSR count). The zero-order valence-corrected chi connectivity index (χ0v) is 7.73. The number of ether oxygens (including phenoxy) is 1. The Labute approximate surface area is 82.3 Å². The van der Waals surface area contributed by atoms with Gasteiger partial charge in [-0.25, -0.2) is 0 Å². The van der Waals surface area contributed by atoms with Crippen LogP contribution < -0.4 is 10.4 Å². The van der Waals surface area contributed by atoms with Crippen LogP contribution in [0.25, 0.3) is 12.2 Å². The monoisotopic (exact) mass is 182 g/mol. The zero-order chi connectivity index (χ0) is 9.38. The van der Waals surface area contributed by atoms with Gasteiger partial charge in [-0.15, -0.1) is 0 Å². The Hall–Kier alpha value is -1.76. The normalized spacial score (nSPS) is 17.4. The van der Waals surface area contributed by atoms with Crippen molar-refractivity contribution >= 4 is 12.2 Å². The molecule has 0 radical (unpaired) electrons. The molecule has 0 N–H and O–H groups in total. The van der Waals surface area contributed by atoms with Gasteiger partial charge in [0.2, 0.25) is 0 Å². The van der Waals surface area contributed by atoms with Crippen molar-refractivity contribution in [3.63, 3.8) is 0 Å². The largest absolute Gasteiger partial charge is 0.489 e. The van der Waals surface area contributed by atoms with E-state index in [1.54, 1.807) is 0 Å². The van der Waals surface area contributed by atoms with Crippen molar-refractivity contribution in [2.45, 2.75) is 0 Å². The summed E-state index contributed by atoms with van der Waals surface area (Å²) in [4.78, 5) is 0. The highest BCUT2D eigenvalue weighted by molar-refractivity contribution is 5.63. The van der Waals surface area contributed by atoms with Gasteiger partial charge < -0.3 is 4.74 Å². The van der Waals surface area contributed by atoms with Crippen molar-refractivity contribution in [2.24, 2.45) is 0 Å². The highest BCUT2D eigenvalue weighted by atomic mass is 16.5. The van der Waals surface area contributed by atoms with Crippen LogP contribution in [-0.2, 0) is 4.74 Å². The van der Waals surface area contributed by atoms with Crippen molar-refractivity contribution in [1.82, 2.24) is 0 Å². The Balaban J connectivity index is 2.35. The van der Waals surface area contributed by atoms with Crippen molar-refractivity contribution in [2.75, 3.05) is 6.61 Å². The minimum atomic E-state index is 0.702. The van der Waals surface area contributed by atoms with Gasteiger partial charge >= 0.3 is 0 Å². The third kappa shape index (κ3) is 1.10. The van der Waals surface area contributed by atoms with E-state index in [4.69, 9.17) is 4.74 Å². The molecule has 1 aromatic carbocycles. The SMILES string of the molecule is C1=C2C=c3ccccc3=CC=C2OC1. The van der Waals surface area contributed by atoms with Gasteiger partial charge in [0.05, 0.1) is 0 Å². The molecule has 0 saturated heterocycles. The van der Waals surface area contributed by atoms with E-state index < -0.39 is 0 Å². The molecule has 1 heteroatoms. The van der Waals surface area contributed by atoms with Crippen LogP contribution in [0.15, 0.2) is 47.7 Å². The predicted molar refractivity (Wildman–Crippen MR) is 56.7 cm³/mol. The second-order valence-corrected chi connectivity index (χ2v) is 3.44. The van der Waals surface area contributed by atoms with Crippen LogP contribution in [0.1, 0.15) is 0 Å². The molecule has 1 aliphatic heterocycles. The summed E-state index contributed by atoms with van der Waals surface area (Å²) < 4.78 is 5.47. The Morgan fingerprint density at radius 1 is 1.00 bits per heavy atom. The number of hydrogen-bond donors (Lipinski definition) is 0. The Morgan fingerprint density at radius 2 is 1.86 bits per heavy atom. The minimum absolute atomic E-state index is 0.702. The van der Waals surface area contributed by atoms with Crippen molar-refractivity contribution in [3.8, 4) is 0 Å². The minimum Gasteiger partial charge on any atom is -0.489 e. The molecule has 0 fully saturated rings. The maximum atomic E-state index is 5.47. The second kappa shape index (κ2) is 2.88. The summed E-state index contributed by atoms with van der Waals surface area (Å²) in [5.74, 6) is 0.987. The lowest BCUT2D eigenvalue weighted by Gasteiger charge is -1.97. The molecule has 14 heavy (non-hydrogen) atoms. The first-order valence-electron chi connectivity index (χ1n) is 4.76. The number of rotatable bonds is 0. The molecule has 0 atom stereocenters. The van der Waals surface area contributed by atoms with E-state index in [2.05, 4.69) is 42.5 Å². The van der Waals surface area contributed by atoms with Crippen LogP contribution in [0.3, 0.4) is 0 Å². The van der Waals surface area contributed by atoms with Crippen molar-refractivity contribution in [3.05, 3.63) is 58.2 Å². The lowest BCUT2D eigenvalue weighted by molar-refractivity contribution is 0.278. The molecule has 0 bridgehead atoms. The van der Waals surface area contributed by atoms with Crippen LogP contribution >= 0.6 is 0 Å². The van der Waals surface area contributed by atoms with E-state index >= 15 is 0 Å². The summed E-state index contributed by atoms with van der Waals surface area (Å²) in [7, 11) is 0. The first-order chi connectivity index (χ1) is 6.93. The number of hydrogen-bond acceptors (Lipinski definition) is 1. The summed E-state index contributed by atoms with van der Waals surface area (Å²) >= 11 is 0. The van der Waals surface area contributed by atoms with Gasteiger partial charge in [0.15, 0.2) is 0 Å². The maximum absolute atomic E-state index is 5.47. The highest BCUT2D eigenvalue weighted by Gasteiger charge is 2.10. The summed E-state index contributed by atoms with van der Waals surface area (Å²) in [6.45, 7) is 0.702. The number of allylic oxidation sites excluding steroid dienone is 2. The van der Waals surface area contributed by atoms with E-state index in [0.717, 1.165) is 5.76 Å². The Kier molecular flexibility index (Phi) is 1.57. The quantitative estimate of drug-likeness (QED) is 0.584. The summed E-state index contributed by atoms with van der Waals surface area (Å²) in [6, 6.07) is 8.36. The number of fused-ring (bicyclic) bond motifs is 2. The van der Waals surface area contributed by atoms with E-state index in [0.29, 0.717) is 6.61 Å². The predicted octanol–water partition coefficient (Wildman–Crippen LogP) is 1.10. The Morgan fingerprint density at radius 3 is 2.79 bits per heavy atom.